The minimum atomic E-state index is 0.0870. The Bertz CT molecular complexity index is 787. The van der Waals surface area contributed by atoms with Gasteiger partial charge < -0.3 is 19.4 Å². The summed E-state index contributed by atoms with van der Waals surface area (Å²) in [5, 5.41) is 8.46. The van der Waals surface area contributed by atoms with Crippen molar-refractivity contribution in [3.05, 3.63) is 46.6 Å². The largest absolute Gasteiger partial charge is 0.378 e. The highest BCUT2D eigenvalue weighted by Gasteiger charge is 2.23. The molecule has 1 aromatic carbocycles. The van der Waals surface area contributed by atoms with Crippen molar-refractivity contribution in [2.24, 2.45) is 0 Å². The van der Waals surface area contributed by atoms with E-state index >= 15 is 0 Å². The van der Waals surface area contributed by atoms with Gasteiger partial charge in [-0.2, -0.15) is 5.10 Å². The highest BCUT2D eigenvalue weighted by Crippen LogP contribution is 2.21. The van der Waals surface area contributed by atoms with Crippen LogP contribution in [0.2, 0.25) is 0 Å². The average Bonchev–Trinajstić information content (AvgIpc) is 2.75. The SMILES string of the molecule is O=C(c1ccc(Br)cc1)N1CCN(c2cnnc(N3CCOCC3)c2)CC1. The van der Waals surface area contributed by atoms with Crippen LogP contribution in [0.5, 0.6) is 0 Å². The lowest BCUT2D eigenvalue weighted by Gasteiger charge is -2.36. The minimum Gasteiger partial charge on any atom is -0.378 e. The lowest BCUT2D eigenvalue weighted by atomic mass is 10.2. The van der Waals surface area contributed by atoms with Gasteiger partial charge in [-0.1, -0.05) is 15.9 Å². The first kappa shape index (κ1) is 18.2. The number of hydrogen-bond acceptors (Lipinski definition) is 6. The van der Waals surface area contributed by atoms with Crippen LogP contribution in [0.15, 0.2) is 41.0 Å². The highest BCUT2D eigenvalue weighted by atomic mass is 79.9. The van der Waals surface area contributed by atoms with Gasteiger partial charge in [0.2, 0.25) is 0 Å². The van der Waals surface area contributed by atoms with Gasteiger partial charge in [-0.15, -0.1) is 5.10 Å². The quantitative estimate of drug-likeness (QED) is 0.740. The molecule has 1 aromatic heterocycles. The number of amides is 1. The second kappa shape index (κ2) is 8.22. The first-order valence-electron chi connectivity index (χ1n) is 9.16. The molecule has 0 saturated carbocycles. The van der Waals surface area contributed by atoms with Crippen LogP contribution in [0.1, 0.15) is 10.4 Å². The number of morpholine rings is 1. The third kappa shape index (κ3) is 4.22. The zero-order valence-electron chi connectivity index (χ0n) is 15.1. The molecule has 2 aliphatic heterocycles. The molecule has 2 saturated heterocycles. The van der Waals surface area contributed by atoms with Gasteiger partial charge in [0.15, 0.2) is 5.82 Å². The zero-order valence-corrected chi connectivity index (χ0v) is 16.6. The number of halogens is 1. The second-order valence-electron chi connectivity index (χ2n) is 6.66. The number of carbonyl (C=O) groups is 1. The van der Waals surface area contributed by atoms with Gasteiger partial charge in [-0.3, -0.25) is 4.79 Å². The number of benzene rings is 1. The van der Waals surface area contributed by atoms with Gasteiger partial charge in [-0.25, -0.2) is 0 Å². The van der Waals surface area contributed by atoms with E-state index in [4.69, 9.17) is 4.74 Å². The Kier molecular flexibility index (Phi) is 5.54. The average molecular weight is 432 g/mol. The molecule has 0 aliphatic carbocycles. The summed E-state index contributed by atoms with van der Waals surface area (Å²) in [6, 6.07) is 9.61. The first-order valence-corrected chi connectivity index (χ1v) is 9.95. The Morgan fingerprint density at radius 3 is 2.37 bits per heavy atom. The Labute approximate surface area is 167 Å². The van der Waals surface area contributed by atoms with E-state index in [1.165, 1.54) is 0 Å². The molecule has 3 heterocycles. The molecule has 0 bridgehead atoms. The minimum absolute atomic E-state index is 0.0870. The fraction of sp³-hybridized carbons (Fsp3) is 0.421. The van der Waals surface area contributed by atoms with Crippen molar-refractivity contribution in [2.75, 3.05) is 62.3 Å². The van der Waals surface area contributed by atoms with Gasteiger partial charge in [-0.05, 0) is 24.3 Å². The second-order valence-corrected chi connectivity index (χ2v) is 7.57. The molecule has 0 radical (unpaired) electrons. The van der Waals surface area contributed by atoms with Gasteiger partial charge in [0.1, 0.15) is 0 Å². The van der Waals surface area contributed by atoms with Gasteiger partial charge >= 0.3 is 0 Å². The molecule has 2 aliphatic rings. The van der Waals surface area contributed by atoms with E-state index in [0.29, 0.717) is 13.1 Å². The molecular formula is C19H22BrN5O2. The Hall–Kier alpha value is -2.19. The molecule has 0 spiro atoms. The summed E-state index contributed by atoms with van der Waals surface area (Å²) >= 11 is 3.41. The highest BCUT2D eigenvalue weighted by molar-refractivity contribution is 9.10. The fourth-order valence-corrected chi connectivity index (χ4v) is 3.67. The van der Waals surface area contributed by atoms with Crippen molar-refractivity contribution >= 4 is 33.3 Å². The lowest BCUT2D eigenvalue weighted by molar-refractivity contribution is 0.0746. The summed E-state index contributed by atoms with van der Waals surface area (Å²) < 4.78 is 6.38. The number of piperazine rings is 1. The van der Waals surface area contributed by atoms with E-state index in [2.05, 4.69) is 42.0 Å². The third-order valence-corrected chi connectivity index (χ3v) is 5.51. The lowest BCUT2D eigenvalue weighted by Crippen LogP contribution is -2.49. The Morgan fingerprint density at radius 2 is 1.67 bits per heavy atom. The first-order chi connectivity index (χ1) is 13.2. The predicted molar refractivity (Wildman–Crippen MR) is 107 cm³/mol. The predicted octanol–water partition coefficient (Wildman–Crippen LogP) is 2.04. The topological polar surface area (TPSA) is 61.8 Å². The van der Waals surface area contributed by atoms with Crippen LogP contribution >= 0.6 is 15.9 Å². The number of rotatable bonds is 3. The Morgan fingerprint density at radius 1 is 0.963 bits per heavy atom. The zero-order chi connectivity index (χ0) is 18.6. The third-order valence-electron chi connectivity index (χ3n) is 4.99. The molecule has 0 atom stereocenters. The van der Waals surface area contributed by atoms with Crippen LogP contribution in [-0.4, -0.2) is 73.5 Å². The maximum atomic E-state index is 12.7. The molecule has 2 fully saturated rings. The summed E-state index contributed by atoms with van der Waals surface area (Å²) in [4.78, 5) is 19.0. The van der Waals surface area contributed by atoms with Crippen molar-refractivity contribution in [3.63, 3.8) is 0 Å². The normalized spacial score (nSPS) is 17.9. The van der Waals surface area contributed by atoms with Crippen LogP contribution in [0, 0.1) is 0 Å². The van der Waals surface area contributed by atoms with E-state index in [1.807, 2.05) is 29.2 Å². The molecule has 8 heteroatoms. The molecule has 4 rings (SSSR count). The van der Waals surface area contributed by atoms with Crippen LogP contribution in [0.4, 0.5) is 11.5 Å². The molecular weight excluding hydrogens is 410 g/mol. The van der Waals surface area contributed by atoms with Crippen LogP contribution < -0.4 is 9.80 Å². The van der Waals surface area contributed by atoms with Crippen molar-refractivity contribution in [1.82, 2.24) is 15.1 Å². The van der Waals surface area contributed by atoms with Crippen molar-refractivity contribution in [3.8, 4) is 0 Å². The standard InChI is InChI=1S/C19H22BrN5O2/c20-16-3-1-15(2-4-16)19(26)25-7-5-23(6-8-25)17-13-18(22-21-14-17)24-9-11-27-12-10-24/h1-4,13-14H,5-12H2. The molecule has 1 amide bonds. The monoisotopic (exact) mass is 431 g/mol. The fourth-order valence-electron chi connectivity index (χ4n) is 3.41. The summed E-state index contributed by atoms with van der Waals surface area (Å²) in [5.41, 5.74) is 1.79. The van der Waals surface area contributed by atoms with Crippen molar-refractivity contribution < 1.29 is 9.53 Å². The number of aromatic nitrogens is 2. The number of hydrogen-bond donors (Lipinski definition) is 0. The number of ether oxygens (including phenoxy) is 1. The van der Waals surface area contributed by atoms with Crippen molar-refractivity contribution in [1.29, 1.82) is 0 Å². The van der Waals surface area contributed by atoms with Crippen LogP contribution in [0.25, 0.3) is 0 Å². The summed E-state index contributed by atoms with van der Waals surface area (Å²) in [7, 11) is 0. The van der Waals surface area contributed by atoms with E-state index in [9.17, 15) is 4.79 Å². The van der Waals surface area contributed by atoms with E-state index in [1.54, 1.807) is 6.20 Å². The van der Waals surface area contributed by atoms with Crippen molar-refractivity contribution in [2.45, 2.75) is 0 Å². The molecule has 0 unspecified atom stereocenters. The van der Waals surface area contributed by atoms with E-state index in [-0.39, 0.29) is 5.91 Å². The summed E-state index contributed by atoms with van der Waals surface area (Å²) in [5.74, 6) is 0.980. The maximum absolute atomic E-state index is 12.7. The molecule has 27 heavy (non-hydrogen) atoms. The smallest absolute Gasteiger partial charge is 0.253 e. The molecule has 2 aromatic rings. The molecule has 7 nitrogen and oxygen atoms in total. The van der Waals surface area contributed by atoms with E-state index in [0.717, 1.165) is 60.9 Å². The molecule has 0 N–H and O–H groups in total. The number of nitrogens with zero attached hydrogens (tertiary/aromatic N) is 5. The summed E-state index contributed by atoms with van der Waals surface area (Å²) in [6.45, 7) is 6.11. The van der Waals surface area contributed by atoms with Crippen LogP contribution in [-0.2, 0) is 4.74 Å². The Balaban J connectivity index is 1.39. The van der Waals surface area contributed by atoms with E-state index < -0.39 is 0 Å². The number of carbonyl (C=O) groups excluding carboxylic acids is 1. The summed E-state index contributed by atoms with van der Waals surface area (Å²) in [6.07, 6.45) is 1.80. The maximum Gasteiger partial charge on any atom is 0.253 e. The van der Waals surface area contributed by atoms with Gasteiger partial charge in [0.05, 0.1) is 25.1 Å². The van der Waals surface area contributed by atoms with Gasteiger partial charge in [0, 0.05) is 55.4 Å². The molecule has 142 valence electrons. The number of anilines is 2. The van der Waals surface area contributed by atoms with Gasteiger partial charge in [0.25, 0.3) is 5.91 Å². The van der Waals surface area contributed by atoms with Crippen LogP contribution in [0.3, 0.4) is 0 Å².